The Bertz CT molecular complexity index is 507. The summed E-state index contributed by atoms with van der Waals surface area (Å²) in [4.78, 5) is 4.01. The van der Waals surface area contributed by atoms with Crippen molar-refractivity contribution in [2.75, 3.05) is 0 Å². The van der Waals surface area contributed by atoms with Gasteiger partial charge in [-0.3, -0.25) is 0 Å². The second-order valence-electron chi connectivity index (χ2n) is 3.78. The van der Waals surface area contributed by atoms with Crippen molar-refractivity contribution in [3.8, 4) is 0 Å². The second kappa shape index (κ2) is 4.06. The second-order valence-corrected chi connectivity index (χ2v) is 3.78. The van der Waals surface area contributed by atoms with E-state index >= 15 is 0 Å². The van der Waals surface area contributed by atoms with Gasteiger partial charge in [0.15, 0.2) is 0 Å². The average molecular weight is 220 g/mol. The number of hydrogen-bond donors (Lipinski definition) is 1. The Morgan fingerprint density at radius 3 is 2.81 bits per heavy atom. The number of benzene rings is 1. The highest BCUT2D eigenvalue weighted by molar-refractivity contribution is 5.29. The predicted molar refractivity (Wildman–Crippen MR) is 58.4 cm³/mol. The molecule has 0 saturated heterocycles. The number of halogens is 1. The third-order valence-corrected chi connectivity index (χ3v) is 2.62. The van der Waals surface area contributed by atoms with Gasteiger partial charge in [-0.15, -0.1) is 0 Å². The molecule has 1 aromatic carbocycles. The molecule has 16 heavy (non-hydrogen) atoms. The smallest absolute Gasteiger partial charge is 0.142 e. The number of rotatable bonds is 2. The van der Waals surface area contributed by atoms with Gasteiger partial charge < -0.3 is 9.67 Å². The van der Waals surface area contributed by atoms with Crippen LogP contribution < -0.4 is 0 Å². The molecule has 2 rings (SSSR count). The maximum absolute atomic E-state index is 13.8. The Kier molecular flexibility index (Phi) is 2.75. The Labute approximate surface area is 93.2 Å². The van der Waals surface area contributed by atoms with Crippen LogP contribution in [0.2, 0.25) is 0 Å². The predicted octanol–water partition coefficient (Wildman–Crippen LogP) is 1.95. The summed E-state index contributed by atoms with van der Waals surface area (Å²) in [6, 6.07) is 4.96. The van der Waals surface area contributed by atoms with Crippen LogP contribution in [-0.2, 0) is 7.05 Å². The molecule has 0 saturated carbocycles. The number of nitrogens with zero attached hydrogens (tertiary/aromatic N) is 2. The molecule has 0 fully saturated rings. The minimum Gasteiger partial charge on any atom is -0.380 e. The standard InChI is InChI=1S/C12H13FN2O/c1-8-4-3-5-9(10(8)13)11(16)12-14-6-7-15(12)2/h3-7,11,16H,1-2H3. The number of imidazole rings is 1. The zero-order chi connectivity index (χ0) is 11.7. The van der Waals surface area contributed by atoms with Crippen LogP contribution in [0.4, 0.5) is 4.39 Å². The van der Waals surface area contributed by atoms with E-state index in [1.165, 1.54) is 0 Å². The van der Waals surface area contributed by atoms with E-state index in [4.69, 9.17) is 0 Å². The van der Waals surface area contributed by atoms with Gasteiger partial charge in [0, 0.05) is 25.0 Å². The Morgan fingerprint density at radius 1 is 1.44 bits per heavy atom. The van der Waals surface area contributed by atoms with Crippen molar-refractivity contribution in [3.63, 3.8) is 0 Å². The lowest BCUT2D eigenvalue weighted by Gasteiger charge is -2.12. The monoisotopic (exact) mass is 220 g/mol. The molecule has 84 valence electrons. The van der Waals surface area contributed by atoms with E-state index in [9.17, 15) is 9.50 Å². The van der Waals surface area contributed by atoms with Crippen molar-refractivity contribution in [2.24, 2.45) is 7.05 Å². The maximum Gasteiger partial charge on any atom is 0.142 e. The van der Waals surface area contributed by atoms with E-state index in [2.05, 4.69) is 4.98 Å². The molecule has 0 spiro atoms. The lowest BCUT2D eigenvalue weighted by molar-refractivity contribution is 0.201. The van der Waals surface area contributed by atoms with Crippen LogP contribution in [0.1, 0.15) is 23.1 Å². The molecule has 3 nitrogen and oxygen atoms in total. The van der Waals surface area contributed by atoms with Crippen molar-refractivity contribution in [2.45, 2.75) is 13.0 Å². The third-order valence-electron chi connectivity index (χ3n) is 2.62. The molecule has 0 bridgehead atoms. The molecule has 2 aromatic rings. The van der Waals surface area contributed by atoms with Crippen LogP contribution in [0.5, 0.6) is 0 Å². The first kappa shape index (κ1) is 10.8. The minimum absolute atomic E-state index is 0.259. The highest BCUT2D eigenvalue weighted by Crippen LogP contribution is 2.24. The van der Waals surface area contributed by atoms with Gasteiger partial charge in [0.05, 0.1) is 0 Å². The molecule has 0 aliphatic rings. The van der Waals surface area contributed by atoms with E-state index in [1.807, 2.05) is 0 Å². The van der Waals surface area contributed by atoms with Gasteiger partial charge in [-0.2, -0.15) is 0 Å². The molecule has 1 heterocycles. The molecule has 0 aliphatic carbocycles. The topological polar surface area (TPSA) is 38.1 Å². The van der Waals surface area contributed by atoms with E-state index in [0.717, 1.165) is 0 Å². The number of aliphatic hydroxyl groups is 1. The number of aromatic nitrogens is 2. The van der Waals surface area contributed by atoms with Crippen LogP contribution in [0.15, 0.2) is 30.6 Å². The van der Waals surface area contributed by atoms with Crippen molar-refractivity contribution >= 4 is 0 Å². The maximum atomic E-state index is 13.8. The molecule has 0 radical (unpaired) electrons. The fraction of sp³-hybridized carbons (Fsp3) is 0.250. The van der Waals surface area contributed by atoms with E-state index in [1.54, 1.807) is 49.1 Å². The highest BCUT2D eigenvalue weighted by Gasteiger charge is 2.19. The molecule has 1 N–H and O–H groups in total. The summed E-state index contributed by atoms with van der Waals surface area (Å²) in [7, 11) is 1.76. The highest BCUT2D eigenvalue weighted by atomic mass is 19.1. The zero-order valence-electron chi connectivity index (χ0n) is 9.18. The summed E-state index contributed by atoms with van der Waals surface area (Å²) in [6.07, 6.45) is 2.26. The normalized spacial score (nSPS) is 12.8. The SMILES string of the molecule is Cc1cccc(C(O)c2nccn2C)c1F. The summed E-state index contributed by atoms with van der Waals surface area (Å²) in [6.45, 7) is 1.67. The zero-order valence-corrected chi connectivity index (χ0v) is 9.18. The van der Waals surface area contributed by atoms with E-state index in [-0.39, 0.29) is 11.4 Å². The van der Waals surface area contributed by atoms with Crippen molar-refractivity contribution in [1.82, 2.24) is 9.55 Å². The van der Waals surface area contributed by atoms with Crippen LogP contribution in [0, 0.1) is 12.7 Å². The van der Waals surface area contributed by atoms with Crippen LogP contribution >= 0.6 is 0 Å². The molecular formula is C12H13FN2O. The molecular weight excluding hydrogens is 207 g/mol. The molecule has 0 amide bonds. The molecule has 4 heteroatoms. The first-order chi connectivity index (χ1) is 7.61. The van der Waals surface area contributed by atoms with E-state index < -0.39 is 6.10 Å². The molecule has 1 unspecified atom stereocenters. The summed E-state index contributed by atoms with van der Waals surface area (Å²) in [5.74, 6) is 0.0579. The Hall–Kier alpha value is -1.68. The van der Waals surface area contributed by atoms with Gasteiger partial charge in [0.2, 0.25) is 0 Å². The van der Waals surface area contributed by atoms with Gasteiger partial charge in [-0.05, 0) is 12.5 Å². The van der Waals surface area contributed by atoms with Gasteiger partial charge >= 0.3 is 0 Å². The van der Waals surface area contributed by atoms with Gasteiger partial charge in [-0.1, -0.05) is 18.2 Å². The largest absolute Gasteiger partial charge is 0.380 e. The van der Waals surface area contributed by atoms with Crippen molar-refractivity contribution in [1.29, 1.82) is 0 Å². The Morgan fingerprint density at radius 2 is 2.19 bits per heavy atom. The fourth-order valence-electron chi connectivity index (χ4n) is 1.66. The van der Waals surface area contributed by atoms with Crippen LogP contribution in [-0.4, -0.2) is 14.7 Å². The van der Waals surface area contributed by atoms with E-state index in [0.29, 0.717) is 11.4 Å². The fourth-order valence-corrected chi connectivity index (χ4v) is 1.66. The van der Waals surface area contributed by atoms with Gasteiger partial charge in [-0.25, -0.2) is 9.37 Å². The first-order valence-electron chi connectivity index (χ1n) is 5.01. The number of hydrogen-bond acceptors (Lipinski definition) is 2. The Balaban J connectivity index is 2.46. The average Bonchev–Trinajstić information content (AvgIpc) is 2.68. The minimum atomic E-state index is -1.03. The quantitative estimate of drug-likeness (QED) is 0.840. The number of aliphatic hydroxyl groups excluding tert-OH is 1. The third kappa shape index (κ3) is 1.72. The van der Waals surface area contributed by atoms with Crippen molar-refractivity contribution < 1.29 is 9.50 Å². The molecule has 1 aromatic heterocycles. The lowest BCUT2D eigenvalue weighted by atomic mass is 10.1. The first-order valence-corrected chi connectivity index (χ1v) is 5.01. The number of aryl methyl sites for hydroxylation is 2. The molecule has 0 aliphatic heterocycles. The molecule has 1 atom stereocenters. The lowest BCUT2D eigenvalue weighted by Crippen LogP contribution is -2.09. The van der Waals surface area contributed by atoms with Gasteiger partial charge in [0.25, 0.3) is 0 Å². The summed E-state index contributed by atoms with van der Waals surface area (Å²) >= 11 is 0. The summed E-state index contributed by atoms with van der Waals surface area (Å²) < 4.78 is 15.5. The summed E-state index contributed by atoms with van der Waals surface area (Å²) in [5.41, 5.74) is 0.778. The van der Waals surface area contributed by atoms with Gasteiger partial charge in [0.1, 0.15) is 17.7 Å². The summed E-state index contributed by atoms with van der Waals surface area (Å²) in [5, 5.41) is 10.0. The van der Waals surface area contributed by atoms with Crippen molar-refractivity contribution in [3.05, 3.63) is 53.4 Å². The van der Waals surface area contributed by atoms with Crippen LogP contribution in [0.25, 0.3) is 0 Å². The van der Waals surface area contributed by atoms with Crippen LogP contribution in [0.3, 0.4) is 0 Å².